The summed E-state index contributed by atoms with van der Waals surface area (Å²) in [4.78, 5) is 25.0. The van der Waals surface area contributed by atoms with Crippen LogP contribution in [0, 0.1) is 0 Å². The molecule has 8 heteroatoms. The predicted molar refractivity (Wildman–Crippen MR) is 120 cm³/mol. The van der Waals surface area contributed by atoms with Crippen LogP contribution >= 0.6 is 11.3 Å². The quantitative estimate of drug-likeness (QED) is 0.536. The molecule has 1 amide bonds. The van der Waals surface area contributed by atoms with Crippen molar-refractivity contribution in [3.8, 4) is 11.5 Å². The number of carbonyl (C=O) groups excluding carboxylic acids is 1. The van der Waals surface area contributed by atoms with Crippen LogP contribution in [0.25, 0.3) is 0 Å². The van der Waals surface area contributed by atoms with E-state index in [0.717, 1.165) is 48.8 Å². The third-order valence-corrected chi connectivity index (χ3v) is 6.02. The highest BCUT2D eigenvalue weighted by Gasteiger charge is 2.22. The van der Waals surface area contributed by atoms with E-state index < -0.39 is 0 Å². The lowest BCUT2D eigenvalue weighted by Gasteiger charge is -2.33. The molecule has 0 saturated carbocycles. The summed E-state index contributed by atoms with van der Waals surface area (Å²) in [5, 5.41) is 3.17. The SMILES string of the molecule is O=C(Oc1ccc(CCOc2cccnc2)cc1)N1CCN(CCc2nccs2)CC1. The van der Waals surface area contributed by atoms with E-state index in [4.69, 9.17) is 9.47 Å². The first-order chi connectivity index (χ1) is 15.3. The van der Waals surface area contributed by atoms with Crippen molar-refractivity contribution in [3.05, 3.63) is 70.9 Å². The average molecular weight is 439 g/mol. The Kier molecular flexibility index (Phi) is 7.46. The zero-order valence-electron chi connectivity index (χ0n) is 17.4. The van der Waals surface area contributed by atoms with Gasteiger partial charge in [-0.25, -0.2) is 9.78 Å². The van der Waals surface area contributed by atoms with Gasteiger partial charge in [0.15, 0.2) is 0 Å². The Bertz CT molecular complexity index is 927. The van der Waals surface area contributed by atoms with E-state index in [0.29, 0.717) is 25.4 Å². The number of piperazine rings is 1. The fourth-order valence-corrected chi connectivity index (χ4v) is 4.00. The van der Waals surface area contributed by atoms with Gasteiger partial charge >= 0.3 is 6.09 Å². The van der Waals surface area contributed by atoms with Crippen molar-refractivity contribution < 1.29 is 14.3 Å². The Balaban J connectivity index is 1.16. The van der Waals surface area contributed by atoms with E-state index in [1.54, 1.807) is 28.6 Å². The van der Waals surface area contributed by atoms with Gasteiger partial charge in [0.25, 0.3) is 0 Å². The summed E-state index contributed by atoms with van der Waals surface area (Å²) in [7, 11) is 0. The molecule has 3 heterocycles. The third kappa shape index (κ3) is 6.50. The number of amides is 1. The molecule has 1 fully saturated rings. The molecule has 7 nitrogen and oxygen atoms in total. The van der Waals surface area contributed by atoms with E-state index >= 15 is 0 Å². The summed E-state index contributed by atoms with van der Waals surface area (Å²) in [6.07, 6.45) is 6.71. The zero-order chi connectivity index (χ0) is 21.3. The molecule has 1 saturated heterocycles. The topological polar surface area (TPSA) is 67.8 Å². The van der Waals surface area contributed by atoms with Crippen molar-refractivity contribution in [1.82, 2.24) is 19.8 Å². The number of nitrogens with zero attached hydrogens (tertiary/aromatic N) is 4. The standard InChI is InChI=1S/C23H26N4O3S/c28-23(27-14-12-26(13-15-27)11-7-22-25-10-17-31-22)30-20-5-3-19(4-6-20)8-16-29-21-2-1-9-24-18-21/h1-6,9-10,17-18H,7-8,11-16H2. The van der Waals surface area contributed by atoms with Crippen LogP contribution in [0.3, 0.4) is 0 Å². The maximum absolute atomic E-state index is 12.5. The molecule has 0 N–H and O–H groups in total. The summed E-state index contributed by atoms with van der Waals surface area (Å²) in [6, 6.07) is 11.3. The molecule has 0 radical (unpaired) electrons. The van der Waals surface area contributed by atoms with Crippen LogP contribution in [0.5, 0.6) is 11.5 Å². The van der Waals surface area contributed by atoms with Crippen LogP contribution in [0.2, 0.25) is 0 Å². The number of aromatic nitrogens is 2. The minimum Gasteiger partial charge on any atom is -0.492 e. The van der Waals surface area contributed by atoms with E-state index in [1.807, 2.05) is 48.0 Å². The van der Waals surface area contributed by atoms with Crippen LogP contribution in [0.1, 0.15) is 10.6 Å². The molecule has 1 aliphatic rings. The molecular weight excluding hydrogens is 412 g/mol. The van der Waals surface area contributed by atoms with Gasteiger partial charge in [-0.05, 0) is 29.8 Å². The van der Waals surface area contributed by atoms with Gasteiger partial charge < -0.3 is 14.4 Å². The largest absolute Gasteiger partial charge is 0.492 e. The van der Waals surface area contributed by atoms with E-state index in [-0.39, 0.29) is 6.09 Å². The Morgan fingerprint density at radius 1 is 1.00 bits per heavy atom. The smallest absolute Gasteiger partial charge is 0.415 e. The second kappa shape index (κ2) is 10.9. The number of rotatable bonds is 8. The van der Waals surface area contributed by atoms with Gasteiger partial charge in [0.1, 0.15) is 11.5 Å². The fraction of sp³-hybridized carbons (Fsp3) is 0.348. The molecule has 1 aliphatic heterocycles. The monoisotopic (exact) mass is 438 g/mol. The van der Waals surface area contributed by atoms with E-state index in [1.165, 1.54) is 0 Å². The highest BCUT2D eigenvalue weighted by atomic mass is 32.1. The van der Waals surface area contributed by atoms with Gasteiger partial charge in [0.05, 0.1) is 17.8 Å². The molecule has 1 aromatic carbocycles. The Labute approximate surface area is 186 Å². The lowest BCUT2D eigenvalue weighted by atomic mass is 10.1. The second-order valence-corrected chi connectivity index (χ2v) is 8.28. The number of thiazole rings is 1. The molecule has 0 spiro atoms. The van der Waals surface area contributed by atoms with Crippen molar-refractivity contribution in [1.29, 1.82) is 0 Å². The normalized spacial score (nSPS) is 14.4. The summed E-state index contributed by atoms with van der Waals surface area (Å²) >= 11 is 1.69. The lowest BCUT2D eigenvalue weighted by Crippen LogP contribution is -2.49. The summed E-state index contributed by atoms with van der Waals surface area (Å²) in [5.74, 6) is 1.32. The van der Waals surface area contributed by atoms with Crippen LogP contribution in [-0.2, 0) is 12.8 Å². The maximum atomic E-state index is 12.5. The zero-order valence-corrected chi connectivity index (χ0v) is 18.2. The van der Waals surface area contributed by atoms with Gasteiger partial charge in [-0.3, -0.25) is 9.88 Å². The van der Waals surface area contributed by atoms with Crippen molar-refractivity contribution >= 4 is 17.4 Å². The van der Waals surface area contributed by atoms with Crippen molar-refractivity contribution in [2.75, 3.05) is 39.3 Å². The molecule has 162 valence electrons. The number of hydrogen-bond donors (Lipinski definition) is 0. The molecule has 0 bridgehead atoms. The van der Waals surface area contributed by atoms with Crippen LogP contribution in [0.4, 0.5) is 4.79 Å². The molecule has 2 aromatic heterocycles. The first kappa shape index (κ1) is 21.3. The highest BCUT2D eigenvalue weighted by Crippen LogP contribution is 2.16. The van der Waals surface area contributed by atoms with Gasteiger partial charge in [-0.2, -0.15) is 0 Å². The molecule has 0 atom stereocenters. The van der Waals surface area contributed by atoms with Crippen molar-refractivity contribution in [2.24, 2.45) is 0 Å². The number of ether oxygens (including phenoxy) is 2. The first-order valence-corrected chi connectivity index (χ1v) is 11.3. The van der Waals surface area contributed by atoms with E-state index in [9.17, 15) is 4.79 Å². The average Bonchev–Trinajstić information content (AvgIpc) is 3.34. The Morgan fingerprint density at radius 3 is 2.55 bits per heavy atom. The summed E-state index contributed by atoms with van der Waals surface area (Å²) in [6.45, 7) is 4.62. The maximum Gasteiger partial charge on any atom is 0.415 e. The van der Waals surface area contributed by atoms with Crippen molar-refractivity contribution in [3.63, 3.8) is 0 Å². The number of benzene rings is 1. The van der Waals surface area contributed by atoms with Crippen molar-refractivity contribution in [2.45, 2.75) is 12.8 Å². The number of carbonyl (C=O) groups is 1. The van der Waals surface area contributed by atoms with Crippen LogP contribution in [-0.4, -0.2) is 65.2 Å². The minimum atomic E-state index is -0.285. The fourth-order valence-electron chi connectivity index (χ4n) is 3.39. The van der Waals surface area contributed by atoms with Gasteiger partial charge in [0.2, 0.25) is 0 Å². The molecule has 0 aliphatic carbocycles. The second-order valence-electron chi connectivity index (χ2n) is 7.30. The number of hydrogen-bond acceptors (Lipinski definition) is 7. The Hall–Kier alpha value is -2.97. The van der Waals surface area contributed by atoms with Gasteiger partial charge in [-0.15, -0.1) is 11.3 Å². The minimum absolute atomic E-state index is 0.285. The molecule has 31 heavy (non-hydrogen) atoms. The number of pyridine rings is 1. The molecule has 0 unspecified atom stereocenters. The highest BCUT2D eigenvalue weighted by molar-refractivity contribution is 7.09. The van der Waals surface area contributed by atoms with E-state index in [2.05, 4.69) is 14.9 Å². The molecule has 4 rings (SSSR count). The summed E-state index contributed by atoms with van der Waals surface area (Å²) in [5.41, 5.74) is 1.12. The van der Waals surface area contributed by atoms with Crippen LogP contribution < -0.4 is 9.47 Å². The Morgan fingerprint density at radius 2 is 1.84 bits per heavy atom. The summed E-state index contributed by atoms with van der Waals surface area (Å²) < 4.78 is 11.2. The lowest BCUT2D eigenvalue weighted by molar-refractivity contribution is 0.111. The van der Waals surface area contributed by atoms with Gasteiger partial charge in [0, 0.05) is 63.3 Å². The molecule has 3 aromatic rings. The predicted octanol–water partition coefficient (Wildman–Crippen LogP) is 3.52. The van der Waals surface area contributed by atoms with Crippen LogP contribution in [0.15, 0.2) is 60.4 Å². The first-order valence-electron chi connectivity index (χ1n) is 10.5. The van der Waals surface area contributed by atoms with Gasteiger partial charge in [-0.1, -0.05) is 12.1 Å². The third-order valence-electron chi connectivity index (χ3n) is 5.18. The molecular formula is C23H26N4O3S.